The topological polar surface area (TPSA) is 41.0 Å². The monoisotopic (exact) mass is 284 g/mol. The zero-order valence-electron chi connectivity index (χ0n) is 13.5. The minimum Gasteiger partial charge on any atom is -0.365 e. The van der Waals surface area contributed by atoms with E-state index in [-0.39, 0.29) is 5.54 Å². The van der Waals surface area contributed by atoms with Crippen LogP contribution in [-0.4, -0.2) is 22.1 Å². The molecule has 0 fully saturated rings. The zero-order chi connectivity index (χ0) is 15.5. The predicted molar refractivity (Wildman–Crippen MR) is 89.3 cm³/mol. The quantitative estimate of drug-likeness (QED) is 0.915. The number of hydrogen-bond acceptors (Lipinski definition) is 4. The molecule has 0 spiro atoms. The van der Waals surface area contributed by atoms with Gasteiger partial charge in [-0.1, -0.05) is 12.1 Å². The van der Waals surface area contributed by atoms with E-state index in [2.05, 4.69) is 79.1 Å². The van der Waals surface area contributed by atoms with Gasteiger partial charge in [0.25, 0.3) is 0 Å². The number of nitrogens with zero attached hydrogens (tertiary/aromatic N) is 3. The largest absolute Gasteiger partial charge is 0.365 e. The molecule has 0 bridgehead atoms. The smallest absolute Gasteiger partial charge is 0.138 e. The van der Waals surface area contributed by atoms with E-state index in [0.717, 1.165) is 23.9 Å². The summed E-state index contributed by atoms with van der Waals surface area (Å²) >= 11 is 0. The van der Waals surface area contributed by atoms with Crippen molar-refractivity contribution in [3.05, 3.63) is 42.2 Å². The maximum atomic E-state index is 4.42. The highest BCUT2D eigenvalue weighted by Crippen LogP contribution is 2.25. The molecule has 1 aromatic heterocycles. The molecule has 2 aromatic rings. The number of anilines is 3. The predicted octanol–water partition coefficient (Wildman–Crippen LogP) is 4.15. The molecule has 21 heavy (non-hydrogen) atoms. The van der Waals surface area contributed by atoms with Gasteiger partial charge in [0.05, 0.1) is 0 Å². The molecule has 4 nitrogen and oxygen atoms in total. The van der Waals surface area contributed by atoms with Gasteiger partial charge in [-0.25, -0.2) is 9.97 Å². The summed E-state index contributed by atoms with van der Waals surface area (Å²) in [6.07, 6.45) is 1.61. The van der Waals surface area contributed by atoms with Gasteiger partial charge in [-0.05, 0) is 52.3 Å². The van der Waals surface area contributed by atoms with Crippen LogP contribution in [0.4, 0.5) is 17.3 Å². The summed E-state index contributed by atoms with van der Waals surface area (Å²) in [5.41, 5.74) is 2.37. The molecule has 1 heterocycles. The van der Waals surface area contributed by atoms with Crippen LogP contribution in [0.1, 0.15) is 33.3 Å². The van der Waals surface area contributed by atoms with Crippen LogP contribution in [0, 0.1) is 6.92 Å². The average Bonchev–Trinajstić information content (AvgIpc) is 2.38. The Morgan fingerprint density at radius 2 is 1.90 bits per heavy atom. The molecule has 0 saturated carbocycles. The molecule has 0 radical (unpaired) electrons. The molecule has 0 aliphatic carbocycles. The highest BCUT2D eigenvalue weighted by Gasteiger charge is 2.13. The summed E-state index contributed by atoms with van der Waals surface area (Å²) in [5, 5.41) is 3.39. The maximum absolute atomic E-state index is 4.42. The second-order valence-electron chi connectivity index (χ2n) is 6.22. The molecule has 0 aliphatic heterocycles. The molecule has 0 unspecified atom stereocenters. The first-order chi connectivity index (χ1) is 9.89. The molecule has 112 valence electrons. The highest BCUT2D eigenvalue weighted by molar-refractivity contribution is 5.62. The van der Waals surface area contributed by atoms with Gasteiger partial charge in [-0.3, -0.25) is 0 Å². The van der Waals surface area contributed by atoms with E-state index in [9.17, 15) is 0 Å². The molecule has 0 saturated heterocycles. The van der Waals surface area contributed by atoms with E-state index >= 15 is 0 Å². The van der Waals surface area contributed by atoms with Gasteiger partial charge >= 0.3 is 0 Å². The van der Waals surface area contributed by atoms with Gasteiger partial charge in [-0.2, -0.15) is 0 Å². The lowest BCUT2D eigenvalue weighted by molar-refractivity contribution is 0.630. The van der Waals surface area contributed by atoms with Gasteiger partial charge in [-0.15, -0.1) is 0 Å². The standard InChI is InChI=1S/C17H24N4/c1-6-21(14-9-7-8-13(2)10-14)16-11-15(18-12-19-16)20-17(3,4)5/h7-12H,6H2,1-5H3,(H,18,19,20). The van der Waals surface area contributed by atoms with Crippen molar-refractivity contribution in [2.75, 3.05) is 16.8 Å². The van der Waals surface area contributed by atoms with E-state index in [4.69, 9.17) is 0 Å². The van der Waals surface area contributed by atoms with Crippen LogP contribution in [0.15, 0.2) is 36.7 Å². The normalized spacial score (nSPS) is 11.3. The van der Waals surface area contributed by atoms with E-state index in [0.29, 0.717) is 0 Å². The fraction of sp³-hybridized carbons (Fsp3) is 0.412. The molecule has 0 amide bonds. The van der Waals surface area contributed by atoms with Crippen LogP contribution in [0.2, 0.25) is 0 Å². The van der Waals surface area contributed by atoms with Crippen LogP contribution in [0.25, 0.3) is 0 Å². The summed E-state index contributed by atoms with van der Waals surface area (Å²) in [5.74, 6) is 1.75. The molecule has 2 rings (SSSR count). The first kappa shape index (κ1) is 15.3. The van der Waals surface area contributed by atoms with Crippen LogP contribution < -0.4 is 10.2 Å². The van der Waals surface area contributed by atoms with Gasteiger partial charge in [0.15, 0.2) is 0 Å². The molecule has 1 N–H and O–H groups in total. The maximum Gasteiger partial charge on any atom is 0.138 e. The highest BCUT2D eigenvalue weighted by atomic mass is 15.2. The summed E-state index contributed by atoms with van der Waals surface area (Å²) in [4.78, 5) is 10.9. The third-order valence-corrected chi connectivity index (χ3v) is 3.06. The van der Waals surface area contributed by atoms with Crippen molar-refractivity contribution in [3.8, 4) is 0 Å². The number of hydrogen-bond donors (Lipinski definition) is 1. The Hall–Kier alpha value is -2.10. The van der Waals surface area contributed by atoms with Crippen LogP contribution >= 0.6 is 0 Å². The van der Waals surface area contributed by atoms with Gasteiger partial charge < -0.3 is 10.2 Å². The first-order valence-electron chi connectivity index (χ1n) is 7.33. The number of nitrogens with one attached hydrogen (secondary N) is 1. The zero-order valence-corrected chi connectivity index (χ0v) is 13.5. The molecular formula is C17H24N4. The van der Waals surface area contributed by atoms with Crippen molar-refractivity contribution < 1.29 is 0 Å². The fourth-order valence-electron chi connectivity index (χ4n) is 2.22. The van der Waals surface area contributed by atoms with E-state index in [1.165, 1.54) is 5.56 Å². The fourth-order valence-corrected chi connectivity index (χ4v) is 2.22. The Bertz CT molecular complexity index is 602. The third-order valence-electron chi connectivity index (χ3n) is 3.06. The second-order valence-corrected chi connectivity index (χ2v) is 6.22. The number of aromatic nitrogens is 2. The van der Waals surface area contributed by atoms with E-state index < -0.39 is 0 Å². The van der Waals surface area contributed by atoms with Gasteiger partial charge in [0, 0.05) is 23.8 Å². The Kier molecular flexibility index (Phi) is 4.46. The molecular weight excluding hydrogens is 260 g/mol. The molecule has 4 heteroatoms. The van der Waals surface area contributed by atoms with Gasteiger partial charge in [0.2, 0.25) is 0 Å². The van der Waals surface area contributed by atoms with Crippen molar-refractivity contribution in [1.29, 1.82) is 0 Å². The number of benzene rings is 1. The van der Waals surface area contributed by atoms with Crippen molar-refractivity contribution in [3.63, 3.8) is 0 Å². The Balaban J connectivity index is 2.32. The van der Waals surface area contributed by atoms with Crippen molar-refractivity contribution in [1.82, 2.24) is 9.97 Å². The Morgan fingerprint density at radius 3 is 2.52 bits per heavy atom. The van der Waals surface area contributed by atoms with Crippen LogP contribution in [-0.2, 0) is 0 Å². The van der Waals surface area contributed by atoms with Crippen molar-refractivity contribution in [2.45, 2.75) is 40.2 Å². The number of aryl methyl sites for hydroxylation is 1. The van der Waals surface area contributed by atoms with E-state index in [1.54, 1.807) is 6.33 Å². The summed E-state index contributed by atoms with van der Waals surface area (Å²) in [6, 6.07) is 10.4. The SMILES string of the molecule is CCN(c1cccc(C)c1)c1cc(NC(C)(C)C)ncn1. The second kappa shape index (κ2) is 6.12. The third kappa shape index (κ3) is 4.18. The minimum absolute atomic E-state index is 0.0218. The van der Waals surface area contributed by atoms with Crippen molar-refractivity contribution >= 4 is 17.3 Å². The summed E-state index contributed by atoms with van der Waals surface area (Å²) < 4.78 is 0. The van der Waals surface area contributed by atoms with Crippen LogP contribution in [0.3, 0.4) is 0 Å². The van der Waals surface area contributed by atoms with Crippen LogP contribution in [0.5, 0.6) is 0 Å². The molecule has 0 aliphatic rings. The first-order valence-corrected chi connectivity index (χ1v) is 7.33. The minimum atomic E-state index is -0.0218. The summed E-state index contributed by atoms with van der Waals surface area (Å²) in [7, 11) is 0. The summed E-state index contributed by atoms with van der Waals surface area (Å²) in [6.45, 7) is 11.4. The van der Waals surface area contributed by atoms with Gasteiger partial charge in [0.1, 0.15) is 18.0 Å². The lowest BCUT2D eigenvalue weighted by Gasteiger charge is -2.25. The lowest BCUT2D eigenvalue weighted by atomic mass is 10.1. The van der Waals surface area contributed by atoms with Crippen molar-refractivity contribution in [2.24, 2.45) is 0 Å². The average molecular weight is 284 g/mol. The Labute approximate surface area is 127 Å². The van der Waals surface area contributed by atoms with E-state index in [1.807, 2.05) is 6.07 Å². The lowest BCUT2D eigenvalue weighted by Crippen LogP contribution is -2.27. The Morgan fingerprint density at radius 1 is 1.14 bits per heavy atom. The molecule has 0 atom stereocenters. The molecule has 1 aromatic carbocycles. The number of rotatable bonds is 4.